The maximum absolute atomic E-state index is 4.39. The van der Waals surface area contributed by atoms with Gasteiger partial charge in [-0.25, -0.2) is 0 Å². The summed E-state index contributed by atoms with van der Waals surface area (Å²) in [6.07, 6.45) is 4.22. The maximum Gasteiger partial charge on any atom is 0.0459 e. The van der Waals surface area contributed by atoms with Gasteiger partial charge in [0, 0.05) is 39.8 Å². The van der Waals surface area contributed by atoms with Gasteiger partial charge in [0.05, 0.1) is 0 Å². The first-order chi connectivity index (χ1) is 13.1. The zero-order chi connectivity index (χ0) is 20.3. The van der Waals surface area contributed by atoms with Crippen LogP contribution in [0.25, 0.3) is 5.57 Å². The first kappa shape index (κ1) is 18.6. The molecule has 4 rings (SSSR count). The Morgan fingerprint density at radius 1 is 1.11 bits per heavy atom. The fourth-order valence-corrected chi connectivity index (χ4v) is 4.22. The molecular formula is C26H30N2. The predicted octanol–water partition coefficient (Wildman–Crippen LogP) is 6.96. The second-order valence-corrected chi connectivity index (χ2v) is 9.37. The van der Waals surface area contributed by atoms with Gasteiger partial charge in [0.25, 0.3) is 0 Å². The minimum Gasteiger partial charge on any atom is -0.360 e. The predicted molar refractivity (Wildman–Crippen MR) is 122 cm³/mol. The molecular weight excluding hydrogens is 340 g/mol. The zero-order valence-corrected chi connectivity index (χ0v) is 17.8. The van der Waals surface area contributed by atoms with E-state index in [9.17, 15) is 0 Å². The molecule has 0 radical (unpaired) electrons. The first-order valence-corrected chi connectivity index (χ1v) is 10.0. The number of nitrogens with one attached hydrogen (secondary N) is 2. The van der Waals surface area contributed by atoms with Crippen molar-refractivity contribution in [1.29, 1.82) is 0 Å². The van der Waals surface area contributed by atoms with E-state index in [1.54, 1.807) is 0 Å². The molecule has 2 N–H and O–H groups in total. The Bertz CT molecular complexity index is 1040. The van der Waals surface area contributed by atoms with Gasteiger partial charge in [0.15, 0.2) is 0 Å². The minimum absolute atomic E-state index is 0.0610. The highest BCUT2D eigenvalue weighted by atomic mass is 14.9. The third kappa shape index (κ3) is 2.88. The van der Waals surface area contributed by atoms with Crippen molar-refractivity contribution in [1.82, 2.24) is 0 Å². The highest BCUT2D eigenvalue weighted by Gasteiger charge is 2.43. The van der Waals surface area contributed by atoms with Crippen LogP contribution in [0.5, 0.6) is 0 Å². The van der Waals surface area contributed by atoms with Crippen LogP contribution in [0, 0.1) is 0 Å². The largest absolute Gasteiger partial charge is 0.360 e. The van der Waals surface area contributed by atoms with E-state index in [-0.39, 0.29) is 10.8 Å². The Balaban J connectivity index is 1.69. The molecule has 2 heteroatoms. The summed E-state index contributed by atoms with van der Waals surface area (Å²) in [7, 11) is 0. The summed E-state index contributed by atoms with van der Waals surface area (Å²) in [5.74, 6) is 0. The van der Waals surface area contributed by atoms with E-state index in [4.69, 9.17) is 0 Å². The SMILES string of the molecule is C=C(Nc1cc2c(cc1C(C)(C)C)C2(C)C)C1=CNc2ccccc2/C1=C\C. The van der Waals surface area contributed by atoms with Crippen LogP contribution in [0.4, 0.5) is 11.4 Å². The van der Waals surface area contributed by atoms with E-state index in [2.05, 4.69) is 107 Å². The van der Waals surface area contributed by atoms with Gasteiger partial charge in [-0.1, -0.05) is 71.5 Å². The molecule has 2 nitrogen and oxygen atoms in total. The van der Waals surface area contributed by atoms with Crippen LogP contribution < -0.4 is 10.6 Å². The average molecular weight is 371 g/mol. The molecule has 0 bridgehead atoms. The second-order valence-electron chi connectivity index (χ2n) is 9.37. The third-order valence-corrected chi connectivity index (χ3v) is 6.03. The van der Waals surface area contributed by atoms with Crippen molar-refractivity contribution < 1.29 is 0 Å². The molecule has 2 aliphatic rings. The zero-order valence-electron chi connectivity index (χ0n) is 17.8. The number of hydrogen-bond acceptors (Lipinski definition) is 2. The first-order valence-electron chi connectivity index (χ1n) is 10.0. The Labute approximate surface area is 169 Å². The smallest absolute Gasteiger partial charge is 0.0459 e. The third-order valence-electron chi connectivity index (χ3n) is 6.03. The number of rotatable bonds is 3. The summed E-state index contributed by atoms with van der Waals surface area (Å²) in [4.78, 5) is 0. The van der Waals surface area contributed by atoms with E-state index in [1.165, 1.54) is 27.8 Å². The summed E-state index contributed by atoms with van der Waals surface area (Å²) in [5.41, 5.74) is 11.2. The van der Waals surface area contributed by atoms with Crippen LogP contribution in [0.2, 0.25) is 0 Å². The van der Waals surface area contributed by atoms with Crippen LogP contribution in [-0.2, 0) is 10.8 Å². The van der Waals surface area contributed by atoms with Gasteiger partial charge in [0.1, 0.15) is 0 Å². The summed E-state index contributed by atoms with van der Waals surface area (Å²) in [5, 5.41) is 7.07. The maximum atomic E-state index is 4.39. The van der Waals surface area contributed by atoms with Crippen molar-refractivity contribution >= 4 is 16.9 Å². The van der Waals surface area contributed by atoms with E-state index >= 15 is 0 Å². The summed E-state index contributed by atoms with van der Waals surface area (Å²) in [6, 6.07) is 13.1. The van der Waals surface area contributed by atoms with Crippen molar-refractivity contribution in [3.63, 3.8) is 0 Å². The number of fused-ring (bicyclic) bond motifs is 2. The molecule has 2 aromatic carbocycles. The summed E-state index contributed by atoms with van der Waals surface area (Å²) in [6.45, 7) is 17.9. The molecule has 0 aromatic heterocycles. The number of allylic oxidation sites excluding steroid dienone is 2. The summed E-state index contributed by atoms with van der Waals surface area (Å²) >= 11 is 0. The van der Waals surface area contributed by atoms with Gasteiger partial charge in [-0.2, -0.15) is 0 Å². The Morgan fingerprint density at radius 3 is 2.46 bits per heavy atom. The fraction of sp³-hybridized carbons (Fsp3) is 0.308. The highest BCUT2D eigenvalue weighted by Crippen LogP contribution is 2.53. The van der Waals surface area contributed by atoms with Crippen LogP contribution >= 0.6 is 0 Å². The topological polar surface area (TPSA) is 24.1 Å². The quantitative estimate of drug-likeness (QED) is 0.610. The lowest BCUT2D eigenvalue weighted by Crippen LogP contribution is -2.16. The molecule has 1 aliphatic heterocycles. The van der Waals surface area contributed by atoms with Crippen molar-refractivity contribution in [3.8, 4) is 0 Å². The molecule has 0 atom stereocenters. The van der Waals surface area contributed by atoms with Crippen LogP contribution in [0.1, 0.15) is 63.8 Å². The van der Waals surface area contributed by atoms with Crippen LogP contribution in [-0.4, -0.2) is 0 Å². The van der Waals surface area contributed by atoms with Gasteiger partial charge in [0.2, 0.25) is 0 Å². The monoisotopic (exact) mass is 370 g/mol. The fourth-order valence-electron chi connectivity index (χ4n) is 4.22. The van der Waals surface area contributed by atoms with E-state index < -0.39 is 0 Å². The summed E-state index contributed by atoms with van der Waals surface area (Å²) < 4.78 is 0. The van der Waals surface area contributed by atoms with Gasteiger partial charge in [-0.05, 0) is 46.7 Å². The number of para-hydroxylation sites is 1. The molecule has 0 saturated carbocycles. The standard InChI is InChI=1S/C26H30N2/c1-8-17-18-11-9-10-12-23(18)27-15-19(17)16(2)28-24-14-21-20(26(21,6)7)13-22(24)25(3,4)5/h8-15,27-28H,2H2,1,3-7H3/b17-8+. The number of anilines is 2. The van der Waals surface area contributed by atoms with Gasteiger partial charge >= 0.3 is 0 Å². The lowest BCUT2D eigenvalue weighted by atomic mass is 9.85. The number of benzene rings is 2. The van der Waals surface area contributed by atoms with E-state index in [0.717, 1.165) is 22.6 Å². The molecule has 1 heterocycles. The molecule has 0 unspecified atom stereocenters. The Morgan fingerprint density at radius 2 is 1.79 bits per heavy atom. The van der Waals surface area contributed by atoms with Crippen LogP contribution in [0.15, 0.2) is 66.5 Å². The van der Waals surface area contributed by atoms with Gasteiger partial charge in [-0.3, -0.25) is 0 Å². The Hall–Kier alpha value is -2.74. The minimum atomic E-state index is 0.0610. The van der Waals surface area contributed by atoms with Crippen molar-refractivity contribution in [2.45, 2.75) is 52.4 Å². The van der Waals surface area contributed by atoms with Crippen molar-refractivity contribution in [2.75, 3.05) is 10.6 Å². The molecule has 0 fully saturated rings. The molecule has 144 valence electrons. The highest BCUT2D eigenvalue weighted by molar-refractivity contribution is 5.93. The second kappa shape index (κ2) is 6.13. The molecule has 28 heavy (non-hydrogen) atoms. The molecule has 1 aliphatic carbocycles. The van der Waals surface area contributed by atoms with Crippen LogP contribution in [0.3, 0.4) is 0 Å². The van der Waals surface area contributed by atoms with Crippen molar-refractivity contribution in [2.24, 2.45) is 0 Å². The molecule has 0 amide bonds. The van der Waals surface area contributed by atoms with E-state index in [1.807, 2.05) is 0 Å². The lowest BCUT2D eigenvalue weighted by molar-refractivity contribution is 0.592. The molecule has 0 spiro atoms. The van der Waals surface area contributed by atoms with Crippen molar-refractivity contribution in [3.05, 3.63) is 88.8 Å². The Kier molecular flexibility index (Phi) is 4.08. The molecule has 2 aromatic rings. The normalized spacial score (nSPS) is 17.9. The van der Waals surface area contributed by atoms with Gasteiger partial charge in [-0.15, -0.1) is 0 Å². The van der Waals surface area contributed by atoms with E-state index in [0.29, 0.717) is 0 Å². The number of hydrogen-bond donors (Lipinski definition) is 2. The average Bonchev–Trinajstić information content (AvgIpc) is 3.19. The molecule has 0 saturated heterocycles. The lowest BCUT2D eigenvalue weighted by Gasteiger charge is -2.27. The van der Waals surface area contributed by atoms with Gasteiger partial charge < -0.3 is 10.6 Å².